The Labute approximate surface area is 145 Å². The van der Waals surface area contributed by atoms with Crippen LogP contribution in [0.4, 0.5) is 5.69 Å². The maximum Gasteiger partial charge on any atom is 0.315 e. The van der Waals surface area contributed by atoms with E-state index in [-0.39, 0.29) is 28.8 Å². The maximum atomic E-state index is 10.9. The van der Waals surface area contributed by atoms with Crippen LogP contribution in [0.15, 0.2) is 34.9 Å². The highest BCUT2D eigenvalue weighted by Gasteiger charge is 2.22. The zero-order valence-electron chi connectivity index (χ0n) is 13.2. The lowest BCUT2D eigenvalue weighted by molar-refractivity contribution is -0.385. The molecular weight excluding hydrogens is 346 g/mol. The molecule has 3 rings (SSSR count). The van der Waals surface area contributed by atoms with E-state index in [1.54, 1.807) is 6.07 Å². The van der Waals surface area contributed by atoms with Crippen LogP contribution in [-0.4, -0.2) is 35.5 Å². The van der Waals surface area contributed by atoms with Crippen molar-refractivity contribution in [1.82, 2.24) is 10.1 Å². The second kappa shape index (κ2) is 6.59. The molecule has 0 unspecified atom stereocenters. The summed E-state index contributed by atoms with van der Waals surface area (Å²) in [5.41, 5.74) is -0.0286. The number of nitro groups is 1. The van der Waals surface area contributed by atoms with E-state index >= 15 is 0 Å². The smallest absolute Gasteiger partial charge is 0.315 e. The third-order valence-corrected chi connectivity index (χ3v) is 3.67. The SMILES string of the molecule is O=[N+]([O-])c1cc(-c2nc(CCc3ccc(O)cc3O)no2)cc(O)c1O. The second-order valence-corrected chi connectivity index (χ2v) is 5.45. The average molecular weight is 359 g/mol. The largest absolute Gasteiger partial charge is 0.508 e. The van der Waals surface area contributed by atoms with Gasteiger partial charge in [-0.25, -0.2) is 0 Å². The van der Waals surface area contributed by atoms with Crippen molar-refractivity contribution in [3.63, 3.8) is 0 Å². The Morgan fingerprint density at radius 3 is 2.50 bits per heavy atom. The number of hydrogen-bond donors (Lipinski definition) is 4. The Hall–Kier alpha value is -3.82. The fourth-order valence-electron chi connectivity index (χ4n) is 2.35. The van der Waals surface area contributed by atoms with E-state index in [0.717, 1.165) is 12.1 Å². The van der Waals surface area contributed by atoms with Crippen LogP contribution in [0, 0.1) is 10.1 Å². The zero-order valence-corrected chi connectivity index (χ0v) is 13.2. The van der Waals surface area contributed by atoms with Crippen LogP contribution in [-0.2, 0) is 12.8 Å². The first-order valence-corrected chi connectivity index (χ1v) is 7.39. The van der Waals surface area contributed by atoms with Crippen molar-refractivity contribution in [2.45, 2.75) is 12.8 Å². The molecule has 2 aromatic carbocycles. The predicted octanol–water partition coefficient (Wildman–Crippen LogP) is 2.25. The molecule has 0 saturated carbocycles. The molecule has 1 heterocycles. The van der Waals surface area contributed by atoms with Gasteiger partial charge in [-0.15, -0.1) is 0 Å². The van der Waals surface area contributed by atoms with Crippen molar-refractivity contribution in [1.29, 1.82) is 0 Å². The number of hydrogen-bond acceptors (Lipinski definition) is 9. The minimum Gasteiger partial charge on any atom is -0.508 e. The van der Waals surface area contributed by atoms with Gasteiger partial charge in [0.1, 0.15) is 11.5 Å². The minimum absolute atomic E-state index is 0.0539. The van der Waals surface area contributed by atoms with Crippen LogP contribution < -0.4 is 0 Å². The average Bonchev–Trinajstić information content (AvgIpc) is 3.05. The van der Waals surface area contributed by atoms with E-state index in [1.165, 1.54) is 12.1 Å². The van der Waals surface area contributed by atoms with Crippen LogP contribution in [0.3, 0.4) is 0 Å². The van der Waals surface area contributed by atoms with Gasteiger partial charge >= 0.3 is 5.69 Å². The molecule has 0 fully saturated rings. The Bertz CT molecular complexity index is 984. The summed E-state index contributed by atoms with van der Waals surface area (Å²) >= 11 is 0. The quantitative estimate of drug-likeness (QED) is 0.304. The summed E-state index contributed by atoms with van der Waals surface area (Å²) < 4.78 is 5.04. The molecule has 0 atom stereocenters. The number of phenols is 4. The van der Waals surface area contributed by atoms with Gasteiger partial charge in [-0.2, -0.15) is 4.98 Å². The lowest BCUT2D eigenvalue weighted by Crippen LogP contribution is -1.94. The molecule has 134 valence electrons. The van der Waals surface area contributed by atoms with E-state index in [4.69, 9.17) is 4.52 Å². The fourth-order valence-corrected chi connectivity index (χ4v) is 2.35. The van der Waals surface area contributed by atoms with Gasteiger partial charge in [0, 0.05) is 18.6 Å². The summed E-state index contributed by atoms with van der Waals surface area (Å²) in [6.45, 7) is 0. The Kier molecular flexibility index (Phi) is 4.31. The summed E-state index contributed by atoms with van der Waals surface area (Å²) in [6, 6.07) is 6.31. The Morgan fingerprint density at radius 2 is 1.81 bits per heavy atom. The summed E-state index contributed by atoms with van der Waals surface area (Å²) in [5.74, 6) is -1.42. The molecule has 10 heteroatoms. The van der Waals surface area contributed by atoms with Crippen molar-refractivity contribution < 1.29 is 29.9 Å². The number of aryl methyl sites for hydroxylation is 2. The monoisotopic (exact) mass is 359 g/mol. The van der Waals surface area contributed by atoms with E-state index in [1.807, 2.05) is 0 Å². The van der Waals surface area contributed by atoms with Gasteiger partial charge in [-0.3, -0.25) is 10.1 Å². The number of phenolic OH excluding ortho intramolecular Hbond substituents is 4. The number of aromatic nitrogens is 2. The molecule has 0 bridgehead atoms. The minimum atomic E-state index is -0.846. The number of nitro benzene ring substituents is 1. The normalized spacial score (nSPS) is 10.8. The lowest BCUT2D eigenvalue weighted by Gasteiger charge is -2.03. The van der Waals surface area contributed by atoms with Crippen LogP contribution in [0.25, 0.3) is 11.5 Å². The van der Waals surface area contributed by atoms with Crippen LogP contribution in [0.2, 0.25) is 0 Å². The standard InChI is InChI=1S/C16H13N3O7/c20-10-3-1-8(12(21)7-10)2-4-14-17-16(26-18-14)9-5-11(19(24)25)15(23)13(22)6-9/h1,3,5-7,20-23H,2,4H2. The second-order valence-electron chi connectivity index (χ2n) is 5.45. The van der Waals surface area contributed by atoms with Crippen molar-refractivity contribution in [2.75, 3.05) is 0 Å². The lowest BCUT2D eigenvalue weighted by atomic mass is 10.1. The number of benzene rings is 2. The Morgan fingerprint density at radius 1 is 1.04 bits per heavy atom. The molecule has 3 aromatic rings. The first kappa shape index (κ1) is 17.0. The fraction of sp³-hybridized carbons (Fsp3) is 0.125. The molecule has 0 aliphatic heterocycles. The highest BCUT2D eigenvalue weighted by atomic mass is 16.6. The van der Waals surface area contributed by atoms with Crippen molar-refractivity contribution in [2.24, 2.45) is 0 Å². The van der Waals surface area contributed by atoms with E-state index in [0.29, 0.717) is 18.4 Å². The molecular formula is C16H13N3O7. The summed E-state index contributed by atoms with van der Waals surface area (Å²) in [7, 11) is 0. The third-order valence-electron chi connectivity index (χ3n) is 3.67. The first-order valence-electron chi connectivity index (χ1n) is 7.39. The molecule has 26 heavy (non-hydrogen) atoms. The molecule has 0 saturated heterocycles. The zero-order chi connectivity index (χ0) is 18.8. The molecule has 4 N–H and O–H groups in total. The Balaban J connectivity index is 1.81. The summed E-state index contributed by atoms with van der Waals surface area (Å²) in [4.78, 5) is 14.2. The number of nitrogens with zero attached hydrogens (tertiary/aromatic N) is 3. The highest BCUT2D eigenvalue weighted by Crippen LogP contribution is 2.39. The highest BCUT2D eigenvalue weighted by molar-refractivity contribution is 5.67. The van der Waals surface area contributed by atoms with Crippen molar-refractivity contribution in [3.8, 4) is 34.5 Å². The molecule has 0 aliphatic carbocycles. The van der Waals surface area contributed by atoms with Crippen LogP contribution in [0.5, 0.6) is 23.0 Å². The van der Waals surface area contributed by atoms with Crippen LogP contribution in [0.1, 0.15) is 11.4 Å². The van der Waals surface area contributed by atoms with Gasteiger partial charge in [-0.05, 0) is 24.1 Å². The predicted molar refractivity (Wildman–Crippen MR) is 86.9 cm³/mol. The molecule has 10 nitrogen and oxygen atoms in total. The van der Waals surface area contributed by atoms with Gasteiger partial charge in [0.2, 0.25) is 5.75 Å². The summed E-state index contributed by atoms with van der Waals surface area (Å²) in [5, 5.41) is 52.8. The van der Waals surface area contributed by atoms with Gasteiger partial charge in [-0.1, -0.05) is 11.2 Å². The number of rotatable bonds is 5. The van der Waals surface area contributed by atoms with Gasteiger partial charge in [0.15, 0.2) is 11.6 Å². The van der Waals surface area contributed by atoms with E-state index in [2.05, 4.69) is 10.1 Å². The maximum absolute atomic E-state index is 10.9. The van der Waals surface area contributed by atoms with Gasteiger partial charge in [0.25, 0.3) is 5.89 Å². The van der Waals surface area contributed by atoms with E-state index in [9.17, 15) is 30.5 Å². The van der Waals surface area contributed by atoms with Gasteiger partial charge < -0.3 is 24.9 Å². The van der Waals surface area contributed by atoms with Crippen LogP contribution >= 0.6 is 0 Å². The molecule has 0 radical (unpaired) electrons. The molecule has 0 amide bonds. The number of aromatic hydroxyl groups is 4. The van der Waals surface area contributed by atoms with E-state index < -0.39 is 22.1 Å². The molecule has 0 spiro atoms. The molecule has 0 aliphatic rings. The summed E-state index contributed by atoms with van der Waals surface area (Å²) in [6.07, 6.45) is 0.667. The van der Waals surface area contributed by atoms with Crippen molar-refractivity contribution in [3.05, 3.63) is 51.8 Å². The third kappa shape index (κ3) is 3.34. The topological polar surface area (TPSA) is 163 Å². The molecule has 1 aromatic heterocycles. The van der Waals surface area contributed by atoms with Crippen molar-refractivity contribution >= 4 is 5.69 Å². The first-order chi connectivity index (χ1) is 12.3. The van der Waals surface area contributed by atoms with Gasteiger partial charge in [0.05, 0.1) is 10.5 Å².